The summed E-state index contributed by atoms with van der Waals surface area (Å²) in [6.45, 7) is 0.991. The molecule has 134 valence electrons. The summed E-state index contributed by atoms with van der Waals surface area (Å²) in [4.78, 5) is 17.2. The average Bonchev–Trinajstić information content (AvgIpc) is 3.12. The van der Waals surface area contributed by atoms with Gasteiger partial charge in [0.2, 0.25) is 0 Å². The lowest BCUT2D eigenvalue weighted by Crippen LogP contribution is -2.16. The summed E-state index contributed by atoms with van der Waals surface area (Å²) >= 11 is 0. The molecule has 4 aromatic rings. The van der Waals surface area contributed by atoms with Gasteiger partial charge in [-0.05, 0) is 35.9 Å². The van der Waals surface area contributed by atoms with Crippen LogP contribution in [0.1, 0.15) is 0 Å². The first-order valence-corrected chi connectivity index (χ1v) is 8.46. The molecule has 0 aliphatic carbocycles. The van der Waals surface area contributed by atoms with Gasteiger partial charge in [-0.1, -0.05) is 12.1 Å². The third-order valence-electron chi connectivity index (χ3n) is 4.47. The van der Waals surface area contributed by atoms with Crippen LogP contribution in [0.25, 0.3) is 28.0 Å². The van der Waals surface area contributed by atoms with Gasteiger partial charge in [0.1, 0.15) is 19.0 Å². The van der Waals surface area contributed by atoms with Crippen LogP contribution in [-0.4, -0.2) is 27.8 Å². The standard InChI is InChI=1S/C20H14FN3O3/c21-14-3-1-2-12(8-14)15-11-22-24-19(25)10-16(23-20(15)24)13-4-5-17-18(9-13)27-7-6-26-17/h1-5,8-11,22H,6-7H2. The van der Waals surface area contributed by atoms with E-state index in [1.807, 2.05) is 6.07 Å². The number of nitrogens with one attached hydrogen (secondary N) is 1. The van der Waals surface area contributed by atoms with Crippen LogP contribution in [0, 0.1) is 5.82 Å². The zero-order chi connectivity index (χ0) is 18.4. The lowest BCUT2D eigenvalue weighted by molar-refractivity contribution is 0.171. The van der Waals surface area contributed by atoms with Crippen molar-refractivity contribution in [3.63, 3.8) is 0 Å². The summed E-state index contributed by atoms with van der Waals surface area (Å²) in [7, 11) is 0. The van der Waals surface area contributed by atoms with Gasteiger partial charge in [-0.2, -0.15) is 0 Å². The van der Waals surface area contributed by atoms with Gasteiger partial charge in [-0.25, -0.2) is 13.9 Å². The van der Waals surface area contributed by atoms with Gasteiger partial charge < -0.3 is 9.47 Å². The fraction of sp³-hybridized carbons (Fsp3) is 0.100. The zero-order valence-corrected chi connectivity index (χ0v) is 14.1. The largest absolute Gasteiger partial charge is 0.486 e. The van der Waals surface area contributed by atoms with Crippen LogP contribution in [0.4, 0.5) is 4.39 Å². The van der Waals surface area contributed by atoms with E-state index < -0.39 is 0 Å². The highest BCUT2D eigenvalue weighted by molar-refractivity contribution is 5.78. The van der Waals surface area contributed by atoms with Crippen LogP contribution in [0.2, 0.25) is 0 Å². The maximum atomic E-state index is 13.6. The van der Waals surface area contributed by atoms with Crippen molar-refractivity contribution >= 4 is 5.65 Å². The average molecular weight is 363 g/mol. The van der Waals surface area contributed by atoms with E-state index in [-0.39, 0.29) is 11.4 Å². The van der Waals surface area contributed by atoms with Crippen molar-refractivity contribution in [3.8, 4) is 33.9 Å². The molecular formula is C20H14FN3O3. The first-order chi connectivity index (χ1) is 13.2. The SMILES string of the molecule is O=c1cc(-c2ccc3c(c2)OCCO3)nc2c(-c3cccc(F)c3)c[nH]n12. The molecule has 1 aliphatic rings. The molecule has 7 heteroatoms. The fourth-order valence-electron chi connectivity index (χ4n) is 3.20. The minimum Gasteiger partial charge on any atom is -0.486 e. The highest BCUT2D eigenvalue weighted by Crippen LogP contribution is 2.34. The van der Waals surface area contributed by atoms with Crippen LogP contribution >= 0.6 is 0 Å². The number of rotatable bonds is 2. The van der Waals surface area contributed by atoms with Gasteiger partial charge >= 0.3 is 0 Å². The lowest BCUT2D eigenvalue weighted by atomic mass is 10.1. The number of fused-ring (bicyclic) bond motifs is 2. The van der Waals surface area contributed by atoms with E-state index in [2.05, 4.69) is 10.1 Å². The van der Waals surface area contributed by atoms with Crippen molar-refractivity contribution in [2.45, 2.75) is 0 Å². The van der Waals surface area contributed by atoms with Gasteiger partial charge in [-0.15, -0.1) is 0 Å². The molecule has 0 fully saturated rings. The molecule has 27 heavy (non-hydrogen) atoms. The lowest BCUT2D eigenvalue weighted by Gasteiger charge is -2.18. The quantitative estimate of drug-likeness (QED) is 0.594. The normalized spacial score (nSPS) is 13.1. The fourth-order valence-corrected chi connectivity index (χ4v) is 3.20. The number of H-pyrrole nitrogens is 1. The minimum atomic E-state index is -0.350. The molecule has 0 bridgehead atoms. The predicted octanol–water partition coefficient (Wildman–Crippen LogP) is 3.27. The minimum absolute atomic E-state index is 0.257. The Morgan fingerprint density at radius 3 is 2.70 bits per heavy atom. The van der Waals surface area contributed by atoms with Crippen LogP contribution in [0.15, 0.2) is 59.5 Å². The van der Waals surface area contributed by atoms with Crippen LogP contribution in [0.3, 0.4) is 0 Å². The Labute approximate surface area is 152 Å². The Hall–Kier alpha value is -3.61. The summed E-state index contributed by atoms with van der Waals surface area (Å²) in [5.41, 5.74) is 2.70. The van der Waals surface area contributed by atoms with E-state index >= 15 is 0 Å². The smallest absolute Gasteiger partial charge is 0.273 e. The molecule has 0 amide bonds. The number of nitrogens with zero attached hydrogens (tertiary/aromatic N) is 2. The Bertz CT molecular complexity index is 1230. The topological polar surface area (TPSA) is 68.6 Å². The molecule has 3 heterocycles. The van der Waals surface area contributed by atoms with Crippen molar-refractivity contribution in [2.75, 3.05) is 13.2 Å². The molecule has 0 spiro atoms. The highest BCUT2D eigenvalue weighted by atomic mass is 19.1. The monoisotopic (exact) mass is 363 g/mol. The number of ether oxygens (including phenoxy) is 2. The van der Waals surface area contributed by atoms with E-state index in [4.69, 9.17) is 9.47 Å². The van der Waals surface area contributed by atoms with Gasteiger partial charge in [0, 0.05) is 23.4 Å². The molecule has 5 rings (SSSR count). The summed E-state index contributed by atoms with van der Waals surface area (Å²) < 4.78 is 26.1. The third kappa shape index (κ3) is 2.64. The molecule has 2 aromatic carbocycles. The summed E-state index contributed by atoms with van der Waals surface area (Å²) in [6, 6.07) is 13.1. The van der Waals surface area contributed by atoms with E-state index in [0.717, 1.165) is 5.56 Å². The first-order valence-electron chi connectivity index (χ1n) is 8.46. The number of benzene rings is 2. The molecule has 6 nitrogen and oxygen atoms in total. The first kappa shape index (κ1) is 15.6. The molecule has 0 atom stereocenters. The number of hydrogen-bond donors (Lipinski definition) is 1. The maximum absolute atomic E-state index is 13.6. The Morgan fingerprint density at radius 1 is 1.00 bits per heavy atom. The number of halogens is 1. The van der Waals surface area contributed by atoms with Crippen LogP contribution in [-0.2, 0) is 0 Å². The summed E-state index contributed by atoms with van der Waals surface area (Å²) in [5.74, 6) is 0.947. The van der Waals surface area contributed by atoms with Gasteiger partial charge in [0.25, 0.3) is 5.56 Å². The molecule has 1 aliphatic heterocycles. The van der Waals surface area contributed by atoms with Crippen molar-refractivity contribution in [2.24, 2.45) is 0 Å². The van der Waals surface area contributed by atoms with E-state index in [0.29, 0.717) is 47.2 Å². The molecule has 0 saturated carbocycles. The molecule has 0 saturated heterocycles. The van der Waals surface area contributed by atoms with Crippen LogP contribution < -0.4 is 15.0 Å². The second-order valence-electron chi connectivity index (χ2n) is 6.19. The zero-order valence-electron chi connectivity index (χ0n) is 14.1. The van der Waals surface area contributed by atoms with Gasteiger partial charge in [0.15, 0.2) is 17.1 Å². The van der Waals surface area contributed by atoms with Crippen molar-refractivity contribution in [3.05, 3.63) is 70.9 Å². The molecule has 1 N–H and O–H groups in total. The van der Waals surface area contributed by atoms with Crippen molar-refractivity contribution in [1.29, 1.82) is 0 Å². The second kappa shape index (κ2) is 5.98. The van der Waals surface area contributed by atoms with Gasteiger partial charge in [0.05, 0.1) is 5.69 Å². The van der Waals surface area contributed by atoms with Gasteiger partial charge in [-0.3, -0.25) is 9.89 Å². The molecule has 0 unspecified atom stereocenters. The third-order valence-corrected chi connectivity index (χ3v) is 4.47. The molecule has 2 aromatic heterocycles. The second-order valence-corrected chi connectivity index (χ2v) is 6.19. The number of hydrogen-bond acceptors (Lipinski definition) is 4. The van der Waals surface area contributed by atoms with E-state index in [1.54, 1.807) is 30.5 Å². The predicted molar refractivity (Wildman–Crippen MR) is 97.6 cm³/mol. The highest BCUT2D eigenvalue weighted by Gasteiger charge is 2.16. The van der Waals surface area contributed by atoms with E-state index in [1.165, 1.54) is 22.7 Å². The van der Waals surface area contributed by atoms with Crippen LogP contribution in [0.5, 0.6) is 11.5 Å². The molecule has 0 radical (unpaired) electrons. The maximum Gasteiger partial charge on any atom is 0.273 e. The summed E-state index contributed by atoms with van der Waals surface area (Å²) in [5, 5.41) is 2.88. The number of aromatic amines is 1. The number of aromatic nitrogens is 3. The van der Waals surface area contributed by atoms with Crippen molar-refractivity contribution in [1.82, 2.24) is 14.6 Å². The summed E-state index contributed by atoms with van der Waals surface area (Å²) in [6.07, 6.45) is 1.64. The Kier molecular flexibility index (Phi) is 3.46. The van der Waals surface area contributed by atoms with E-state index in [9.17, 15) is 9.18 Å². The molecular weight excluding hydrogens is 349 g/mol. The Morgan fingerprint density at radius 2 is 1.85 bits per heavy atom. The Balaban J connectivity index is 1.68. The van der Waals surface area contributed by atoms with Crippen molar-refractivity contribution < 1.29 is 13.9 Å².